The molecule has 3 rings (SSSR count). The lowest BCUT2D eigenvalue weighted by atomic mass is 10.1. The van der Waals surface area contributed by atoms with Crippen LogP contribution in [0.2, 0.25) is 0 Å². The summed E-state index contributed by atoms with van der Waals surface area (Å²) in [6.45, 7) is 3.43. The minimum atomic E-state index is -3.56. The van der Waals surface area contributed by atoms with Gasteiger partial charge in [0, 0.05) is 25.2 Å². The first kappa shape index (κ1) is 22.3. The number of benzene rings is 2. The molecule has 0 aliphatic carbocycles. The van der Waals surface area contributed by atoms with Crippen LogP contribution >= 0.6 is 0 Å². The third kappa shape index (κ3) is 5.40. The summed E-state index contributed by atoms with van der Waals surface area (Å²) in [5, 5.41) is 2.92. The molecule has 1 saturated heterocycles. The van der Waals surface area contributed by atoms with Gasteiger partial charge in [0.05, 0.1) is 12.0 Å². The van der Waals surface area contributed by atoms with E-state index < -0.39 is 10.0 Å². The number of nitrogens with zero attached hydrogens (tertiary/aromatic N) is 1. The van der Waals surface area contributed by atoms with Crippen molar-refractivity contribution in [2.45, 2.75) is 43.9 Å². The summed E-state index contributed by atoms with van der Waals surface area (Å²) in [5.41, 5.74) is 2.36. The van der Waals surface area contributed by atoms with Gasteiger partial charge in [-0.15, -0.1) is 0 Å². The van der Waals surface area contributed by atoms with Crippen molar-refractivity contribution in [2.24, 2.45) is 0 Å². The molecular formula is C23H30N2O4S. The second-order valence-corrected chi connectivity index (χ2v) is 9.59. The number of carbonyl (C=O) groups excluding carboxylic acids is 1. The molecule has 1 amide bonds. The second-order valence-electron chi connectivity index (χ2n) is 7.65. The van der Waals surface area contributed by atoms with Gasteiger partial charge in [-0.05, 0) is 68.0 Å². The molecule has 1 N–H and O–H groups in total. The molecule has 0 aromatic heterocycles. The van der Waals surface area contributed by atoms with Gasteiger partial charge in [-0.1, -0.05) is 24.6 Å². The van der Waals surface area contributed by atoms with Crippen LogP contribution < -0.4 is 10.1 Å². The van der Waals surface area contributed by atoms with E-state index in [1.165, 1.54) is 15.9 Å². The van der Waals surface area contributed by atoms with Crippen LogP contribution in [0.4, 0.5) is 0 Å². The second kappa shape index (κ2) is 10.1. The monoisotopic (exact) mass is 430 g/mol. The molecule has 0 spiro atoms. The Morgan fingerprint density at radius 3 is 2.43 bits per heavy atom. The molecular weight excluding hydrogens is 400 g/mol. The van der Waals surface area contributed by atoms with Crippen molar-refractivity contribution in [2.75, 3.05) is 26.7 Å². The Morgan fingerprint density at radius 1 is 1.07 bits per heavy atom. The molecule has 0 saturated carbocycles. The first-order valence-corrected chi connectivity index (χ1v) is 11.9. The lowest BCUT2D eigenvalue weighted by Crippen LogP contribution is -2.35. The predicted octanol–water partition coefficient (Wildman–Crippen LogP) is 3.54. The number of nitrogens with one attached hydrogen (secondary N) is 1. The molecule has 2 aromatic rings. The average molecular weight is 431 g/mol. The number of hydrogen-bond donors (Lipinski definition) is 1. The number of rotatable bonds is 8. The van der Waals surface area contributed by atoms with Crippen molar-refractivity contribution < 1.29 is 17.9 Å². The van der Waals surface area contributed by atoms with E-state index in [9.17, 15) is 13.2 Å². The fourth-order valence-corrected chi connectivity index (χ4v) is 5.19. The van der Waals surface area contributed by atoms with Crippen LogP contribution in [0, 0.1) is 6.92 Å². The zero-order chi connectivity index (χ0) is 21.6. The maximum Gasteiger partial charge on any atom is 0.251 e. The van der Waals surface area contributed by atoms with Crippen molar-refractivity contribution >= 4 is 15.9 Å². The first-order valence-electron chi connectivity index (χ1n) is 10.4. The molecule has 0 unspecified atom stereocenters. The van der Waals surface area contributed by atoms with Gasteiger partial charge in [0.1, 0.15) is 5.75 Å². The van der Waals surface area contributed by atoms with E-state index in [0.717, 1.165) is 43.4 Å². The van der Waals surface area contributed by atoms with Crippen LogP contribution in [-0.4, -0.2) is 45.4 Å². The van der Waals surface area contributed by atoms with E-state index in [1.54, 1.807) is 19.2 Å². The van der Waals surface area contributed by atoms with Gasteiger partial charge in [0.2, 0.25) is 10.0 Å². The molecule has 2 aromatic carbocycles. The van der Waals surface area contributed by atoms with E-state index in [4.69, 9.17) is 4.74 Å². The van der Waals surface area contributed by atoms with Gasteiger partial charge < -0.3 is 10.1 Å². The van der Waals surface area contributed by atoms with Crippen LogP contribution in [0.25, 0.3) is 0 Å². The van der Waals surface area contributed by atoms with Crippen molar-refractivity contribution in [3.8, 4) is 5.75 Å². The highest BCUT2D eigenvalue weighted by Gasteiger charge is 2.27. The lowest BCUT2D eigenvalue weighted by Gasteiger charge is -2.26. The molecule has 0 radical (unpaired) electrons. The minimum Gasteiger partial charge on any atom is -0.497 e. The van der Waals surface area contributed by atoms with E-state index in [1.807, 2.05) is 31.2 Å². The van der Waals surface area contributed by atoms with Crippen LogP contribution in [0.5, 0.6) is 5.75 Å². The number of carbonyl (C=O) groups is 1. The van der Waals surface area contributed by atoms with Crippen LogP contribution in [0.1, 0.15) is 47.2 Å². The van der Waals surface area contributed by atoms with E-state index in [0.29, 0.717) is 25.2 Å². The Balaban J connectivity index is 1.60. The summed E-state index contributed by atoms with van der Waals surface area (Å²) in [6, 6.07) is 12.7. The summed E-state index contributed by atoms with van der Waals surface area (Å²) in [4.78, 5) is 12.9. The highest BCUT2D eigenvalue weighted by molar-refractivity contribution is 7.89. The molecule has 0 atom stereocenters. The summed E-state index contributed by atoms with van der Waals surface area (Å²) >= 11 is 0. The van der Waals surface area contributed by atoms with Gasteiger partial charge >= 0.3 is 0 Å². The number of aryl methyl sites for hydroxylation is 2. The summed E-state index contributed by atoms with van der Waals surface area (Å²) in [6.07, 6.45) is 4.46. The average Bonchev–Trinajstić information content (AvgIpc) is 2.77. The third-order valence-corrected chi connectivity index (χ3v) is 7.39. The minimum absolute atomic E-state index is 0.193. The van der Waals surface area contributed by atoms with Gasteiger partial charge in [0.15, 0.2) is 0 Å². The standard InChI is InChI=1S/C23H30N2O4S/c1-18-8-13-21(30(27,28)25-15-4-3-5-16-25)17-22(18)23(26)24-14-6-7-19-9-11-20(29-2)12-10-19/h8-13,17H,3-7,14-16H2,1-2H3,(H,24,26). The van der Waals surface area contributed by atoms with Crippen LogP contribution in [-0.2, 0) is 16.4 Å². The Kier molecular flexibility index (Phi) is 7.50. The Morgan fingerprint density at radius 2 is 1.77 bits per heavy atom. The van der Waals surface area contributed by atoms with Crippen molar-refractivity contribution in [3.05, 3.63) is 59.2 Å². The molecule has 6 nitrogen and oxygen atoms in total. The highest BCUT2D eigenvalue weighted by atomic mass is 32.2. The quantitative estimate of drug-likeness (QED) is 0.650. The molecule has 1 heterocycles. The molecule has 1 aliphatic rings. The van der Waals surface area contributed by atoms with Gasteiger partial charge in [0.25, 0.3) is 5.91 Å². The zero-order valence-corrected chi connectivity index (χ0v) is 18.5. The Bertz CT molecular complexity index is 965. The summed E-state index contributed by atoms with van der Waals surface area (Å²) in [5.74, 6) is 0.583. The van der Waals surface area contributed by atoms with Gasteiger partial charge in [-0.2, -0.15) is 4.31 Å². The Labute approximate surface area is 179 Å². The van der Waals surface area contributed by atoms with Gasteiger partial charge in [-0.25, -0.2) is 8.42 Å². The predicted molar refractivity (Wildman–Crippen MR) is 117 cm³/mol. The van der Waals surface area contributed by atoms with Crippen molar-refractivity contribution in [3.63, 3.8) is 0 Å². The molecule has 0 bridgehead atoms. The number of sulfonamides is 1. The van der Waals surface area contributed by atoms with Crippen molar-refractivity contribution in [1.29, 1.82) is 0 Å². The van der Waals surface area contributed by atoms with Crippen LogP contribution in [0.3, 0.4) is 0 Å². The number of hydrogen-bond acceptors (Lipinski definition) is 4. The number of piperidine rings is 1. The van der Waals surface area contributed by atoms with Crippen LogP contribution in [0.15, 0.2) is 47.4 Å². The normalized spacial score (nSPS) is 15.0. The first-order chi connectivity index (χ1) is 14.4. The fraction of sp³-hybridized carbons (Fsp3) is 0.435. The number of ether oxygens (including phenoxy) is 1. The third-order valence-electron chi connectivity index (χ3n) is 5.49. The maximum absolute atomic E-state index is 12.9. The van der Waals surface area contributed by atoms with E-state index >= 15 is 0 Å². The largest absolute Gasteiger partial charge is 0.497 e. The maximum atomic E-state index is 12.9. The molecule has 30 heavy (non-hydrogen) atoms. The smallest absolute Gasteiger partial charge is 0.251 e. The number of amides is 1. The zero-order valence-electron chi connectivity index (χ0n) is 17.7. The fourth-order valence-electron chi connectivity index (χ4n) is 3.64. The molecule has 7 heteroatoms. The molecule has 1 aliphatic heterocycles. The Hall–Kier alpha value is -2.38. The SMILES string of the molecule is COc1ccc(CCCNC(=O)c2cc(S(=O)(=O)N3CCCCC3)ccc2C)cc1. The van der Waals surface area contributed by atoms with Crippen molar-refractivity contribution in [1.82, 2.24) is 9.62 Å². The summed E-state index contributed by atoms with van der Waals surface area (Å²) < 4.78 is 32.5. The van der Waals surface area contributed by atoms with Gasteiger partial charge in [-0.3, -0.25) is 4.79 Å². The van der Waals surface area contributed by atoms with E-state index in [-0.39, 0.29) is 10.8 Å². The summed E-state index contributed by atoms with van der Waals surface area (Å²) in [7, 11) is -1.92. The molecule has 1 fully saturated rings. The lowest BCUT2D eigenvalue weighted by molar-refractivity contribution is 0.0952. The van der Waals surface area contributed by atoms with E-state index in [2.05, 4.69) is 5.32 Å². The molecule has 162 valence electrons. The topological polar surface area (TPSA) is 75.7 Å². The number of methoxy groups -OCH3 is 1. The highest BCUT2D eigenvalue weighted by Crippen LogP contribution is 2.23.